The van der Waals surface area contributed by atoms with E-state index in [4.69, 9.17) is 4.74 Å². The van der Waals surface area contributed by atoms with E-state index >= 15 is 0 Å². The van der Waals surface area contributed by atoms with Crippen LogP contribution < -0.4 is 5.32 Å². The zero-order valence-electron chi connectivity index (χ0n) is 8.99. The van der Waals surface area contributed by atoms with Crippen LogP contribution in [0.5, 0.6) is 0 Å². The van der Waals surface area contributed by atoms with Crippen LogP contribution in [0.25, 0.3) is 0 Å². The van der Waals surface area contributed by atoms with Gasteiger partial charge in [0.05, 0.1) is 18.6 Å². The number of aromatic nitrogens is 2. The highest BCUT2D eigenvalue weighted by Gasteiger charge is 2.30. The minimum atomic E-state index is -0.394. The number of carbonyl (C=O) groups is 1. The van der Waals surface area contributed by atoms with Gasteiger partial charge >= 0.3 is 5.97 Å². The van der Waals surface area contributed by atoms with E-state index in [0.29, 0.717) is 6.61 Å². The molecule has 5 nitrogen and oxygen atoms in total. The van der Waals surface area contributed by atoms with Gasteiger partial charge in [-0.25, -0.2) is 9.78 Å². The second-order valence-electron chi connectivity index (χ2n) is 3.58. The third kappa shape index (κ3) is 1.74. The lowest BCUT2D eigenvalue weighted by molar-refractivity contribution is -0.146. The minimum Gasteiger partial charge on any atom is -0.465 e. The van der Waals surface area contributed by atoms with Crippen LogP contribution in [0.4, 0.5) is 0 Å². The van der Waals surface area contributed by atoms with Crippen molar-refractivity contribution in [3.05, 3.63) is 17.7 Å². The Kier molecular flexibility index (Phi) is 2.73. The van der Waals surface area contributed by atoms with Crippen molar-refractivity contribution >= 4 is 5.97 Å². The first-order chi connectivity index (χ1) is 7.24. The van der Waals surface area contributed by atoms with Crippen molar-refractivity contribution in [2.75, 3.05) is 13.2 Å². The highest BCUT2D eigenvalue weighted by Crippen LogP contribution is 2.21. The normalized spacial score (nSPS) is 19.7. The summed E-state index contributed by atoms with van der Waals surface area (Å²) in [6, 6.07) is -0.394. The summed E-state index contributed by atoms with van der Waals surface area (Å²) in [4.78, 5) is 15.9. The summed E-state index contributed by atoms with van der Waals surface area (Å²) >= 11 is 0. The average molecular weight is 209 g/mol. The highest BCUT2D eigenvalue weighted by molar-refractivity contribution is 5.77. The van der Waals surface area contributed by atoms with Gasteiger partial charge in [-0.1, -0.05) is 0 Å². The standard InChI is InChI=1S/C10H15N3O2/c1-3-15-10(14)9-8-7(4-5-11-9)13(2)6-12-8/h6,9,11H,3-5H2,1-2H3. The summed E-state index contributed by atoms with van der Waals surface area (Å²) in [6.07, 6.45) is 2.64. The highest BCUT2D eigenvalue weighted by atomic mass is 16.5. The Morgan fingerprint density at radius 1 is 1.80 bits per heavy atom. The Hall–Kier alpha value is -1.36. The number of ether oxygens (including phenoxy) is 1. The fraction of sp³-hybridized carbons (Fsp3) is 0.600. The van der Waals surface area contributed by atoms with Gasteiger partial charge in [0.25, 0.3) is 0 Å². The van der Waals surface area contributed by atoms with Crippen molar-refractivity contribution in [3.8, 4) is 0 Å². The van der Waals surface area contributed by atoms with E-state index in [1.165, 1.54) is 0 Å². The fourth-order valence-electron chi connectivity index (χ4n) is 1.87. The number of nitrogens with zero attached hydrogens (tertiary/aromatic N) is 2. The second kappa shape index (κ2) is 4.02. The van der Waals surface area contributed by atoms with Crippen molar-refractivity contribution in [2.45, 2.75) is 19.4 Å². The van der Waals surface area contributed by atoms with Crippen LogP contribution in [0.2, 0.25) is 0 Å². The van der Waals surface area contributed by atoms with E-state index in [0.717, 1.165) is 24.4 Å². The molecule has 1 aromatic rings. The molecule has 1 unspecified atom stereocenters. The van der Waals surface area contributed by atoms with E-state index in [1.54, 1.807) is 13.3 Å². The smallest absolute Gasteiger partial charge is 0.329 e. The molecule has 5 heteroatoms. The van der Waals surface area contributed by atoms with Crippen LogP contribution in [-0.2, 0) is 23.0 Å². The topological polar surface area (TPSA) is 56.1 Å². The van der Waals surface area contributed by atoms with E-state index in [9.17, 15) is 4.79 Å². The Labute approximate surface area is 88.4 Å². The maximum Gasteiger partial charge on any atom is 0.329 e. The molecule has 0 spiro atoms. The Bertz CT molecular complexity index is 373. The number of nitrogens with one attached hydrogen (secondary N) is 1. The van der Waals surface area contributed by atoms with Crippen molar-refractivity contribution in [1.82, 2.24) is 14.9 Å². The lowest BCUT2D eigenvalue weighted by Crippen LogP contribution is -2.36. The number of rotatable bonds is 2. The van der Waals surface area contributed by atoms with Gasteiger partial charge < -0.3 is 9.30 Å². The van der Waals surface area contributed by atoms with E-state index in [-0.39, 0.29) is 5.97 Å². The van der Waals surface area contributed by atoms with Crippen molar-refractivity contribution in [1.29, 1.82) is 0 Å². The van der Waals surface area contributed by atoms with Gasteiger partial charge in [0, 0.05) is 25.7 Å². The number of imidazole rings is 1. The lowest BCUT2D eigenvalue weighted by Gasteiger charge is -2.21. The molecule has 2 heterocycles. The van der Waals surface area contributed by atoms with Gasteiger partial charge in [0.1, 0.15) is 0 Å². The molecule has 1 atom stereocenters. The lowest BCUT2D eigenvalue weighted by atomic mass is 10.1. The zero-order chi connectivity index (χ0) is 10.8. The Balaban J connectivity index is 2.26. The molecule has 0 aliphatic carbocycles. The summed E-state index contributed by atoms with van der Waals surface area (Å²) in [5.41, 5.74) is 1.93. The molecule has 0 amide bonds. The maximum atomic E-state index is 11.6. The molecule has 0 radical (unpaired) electrons. The van der Waals surface area contributed by atoms with Crippen LogP contribution >= 0.6 is 0 Å². The van der Waals surface area contributed by atoms with Crippen LogP contribution in [0.1, 0.15) is 24.4 Å². The van der Waals surface area contributed by atoms with E-state index in [2.05, 4.69) is 10.3 Å². The molecule has 0 aromatic carbocycles. The number of esters is 1. The Morgan fingerprint density at radius 3 is 3.33 bits per heavy atom. The SMILES string of the molecule is CCOC(=O)C1NCCc2c1ncn2C. The molecule has 0 saturated heterocycles. The number of hydrogen-bond acceptors (Lipinski definition) is 4. The molecule has 2 rings (SSSR count). The van der Waals surface area contributed by atoms with Crippen molar-refractivity contribution in [3.63, 3.8) is 0 Å². The molecular weight excluding hydrogens is 194 g/mol. The second-order valence-corrected chi connectivity index (χ2v) is 3.58. The Morgan fingerprint density at radius 2 is 2.60 bits per heavy atom. The van der Waals surface area contributed by atoms with Gasteiger partial charge in [0.2, 0.25) is 0 Å². The van der Waals surface area contributed by atoms with Crippen LogP contribution in [0, 0.1) is 0 Å². The number of carbonyl (C=O) groups excluding carboxylic acids is 1. The van der Waals surface area contributed by atoms with Crippen LogP contribution in [-0.4, -0.2) is 28.7 Å². The first kappa shape index (κ1) is 10.2. The fourth-order valence-corrected chi connectivity index (χ4v) is 1.87. The summed E-state index contributed by atoms with van der Waals surface area (Å²) in [6.45, 7) is 3.00. The number of hydrogen-bond donors (Lipinski definition) is 1. The van der Waals surface area contributed by atoms with Gasteiger partial charge in [-0.15, -0.1) is 0 Å². The maximum absolute atomic E-state index is 11.6. The predicted molar refractivity (Wildman–Crippen MR) is 54.3 cm³/mol. The first-order valence-electron chi connectivity index (χ1n) is 5.14. The molecule has 1 aromatic heterocycles. The predicted octanol–water partition coefficient (Wildman–Crippen LogP) is 0.170. The number of aryl methyl sites for hydroxylation is 1. The molecule has 1 aliphatic heterocycles. The molecule has 0 fully saturated rings. The van der Waals surface area contributed by atoms with Crippen LogP contribution in [0.15, 0.2) is 6.33 Å². The molecule has 0 saturated carbocycles. The van der Waals surface area contributed by atoms with Crippen LogP contribution in [0.3, 0.4) is 0 Å². The summed E-state index contributed by atoms with van der Waals surface area (Å²) in [5, 5.41) is 3.12. The van der Waals surface area contributed by atoms with Crippen molar-refractivity contribution in [2.24, 2.45) is 7.05 Å². The van der Waals surface area contributed by atoms with Gasteiger partial charge in [-0.2, -0.15) is 0 Å². The molecule has 1 N–H and O–H groups in total. The zero-order valence-corrected chi connectivity index (χ0v) is 8.99. The minimum absolute atomic E-state index is 0.239. The molecule has 0 bridgehead atoms. The van der Waals surface area contributed by atoms with E-state index in [1.807, 2.05) is 11.6 Å². The summed E-state index contributed by atoms with van der Waals surface area (Å²) < 4.78 is 6.96. The van der Waals surface area contributed by atoms with Gasteiger partial charge in [-0.3, -0.25) is 5.32 Å². The first-order valence-corrected chi connectivity index (χ1v) is 5.14. The third-order valence-corrected chi connectivity index (χ3v) is 2.60. The van der Waals surface area contributed by atoms with Gasteiger partial charge in [-0.05, 0) is 6.92 Å². The molecular formula is C10H15N3O2. The largest absolute Gasteiger partial charge is 0.465 e. The van der Waals surface area contributed by atoms with Gasteiger partial charge in [0.15, 0.2) is 6.04 Å². The summed E-state index contributed by atoms with van der Waals surface area (Å²) in [5.74, 6) is -0.239. The molecule has 1 aliphatic rings. The van der Waals surface area contributed by atoms with Crippen molar-refractivity contribution < 1.29 is 9.53 Å². The third-order valence-electron chi connectivity index (χ3n) is 2.60. The monoisotopic (exact) mass is 209 g/mol. The average Bonchev–Trinajstić information content (AvgIpc) is 2.61. The van der Waals surface area contributed by atoms with E-state index < -0.39 is 6.04 Å². The molecule has 15 heavy (non-hydrogen) atoms. The number of fused-ring (bicyclic) bond motifs is 1. The quantitative estimate of drug-likeness (QED) is 0.705. The summed E-state index contributed by atoms with van der Waals surface area (Å²) in [7, 11) is 1.94. The molecule has 82 valence electrons.